The van der Waals surface area contributed by atoms with Crippen LogP contribution in [0.5, 0.6) is 5.75 Å². The first-order valence-electron chi connectivity index (χ1n) is 6.14. The second-order valence-electron chi connectivity index (χ2n) is 4.53. The minimum absolute atomic E-state index is 0.271. The molecule has 1 aliphatic heterocycles. The molecule has 0 amide bonds. The van der Waals surface area contributed by atoms with Crippen molar-refractivity contribution >= 4 is 5.97 Å². The van der Waals surface area contributed by atoms with Gasteiger partial charge in [-0.1, -0.05) is 6.07 Å². The van der Waals surface area contributed by atoms with Crippen molar-refractivity contribution in [1.82, 2.24) is 0 Å². The molecule has 1 N–H and O–H groups in total. The summed E-state index contributed by atoms with van der Waals surface area (Å²) in [7, 11) is 0. The van der Waals surface area contributed by atoms with Gasteiger partial charge >= 0.3 is 5.97 Å². The summed E-state index contributed by atoms with van der Waals surface area (Å²) in [5, 5.41) is 8.58. The number of hydrogen-bond donors (Lipinski definition) is 1. The molecule has 3 nitrogen and oxygen atoms in total. The topological polar surface area (TPSA) is 46.5 Å². The number of rotatable bonds is 5. The maximum Gasteiger partial charge on any atom is 0.303 e. The summed E-state index contributed by atoms with van der Waals surface area (Å²) in [5.74, 6) is 0.320. The smallest absolute Gasteiger partial charge is 0.303 e. The Morgan fingerprint density at radius 3 is 3.00 bits per heavy atom. The van der Waals surface area contributed by atoms with E-state index in [1.807, 2.05) is 6.07 Å². The van der Waals surface area contributed by atoms with E-state index >= 15 is 0 Å². The highest BCUT2D eigenvalue weighted by molar-refractivity contribution is 5.66. The summed E-state index contributed by atoms with van der Waals surface area (Å²) in [6.07, 6.45) is 3.93. The molecule has 17 heavy (non-hydrogen) atoms. The highest BCUT2D eigenvalue weighted by atomic mass is 16.5. The molecule has 2 rings (SSSR count). The van der Waals surface area contributed by atoms with E-state index < -0.39 is 5.97 Å². The second kappa shape index (κ2) is 5.21. The van der Waals surface area contributed by atoms with Crippen LogP contribution in [0, 0.1) is 6.92 Å². The fourth-order valence-corrected chi connectivity index (χ4v) is 2.35. The van der Waals surface area contributed by atoms with Gasteiger partial charge in [-0.05, 0) is 43.4 Å². The normalized spacial score (nSPS) is 13.2. The van der Waals surface area contributed by atoms with Crippen LogP contribution in [0.25, 0.3) is 0 Å². The van der Waals surface area contributed by atoms with Crippen LogP contribution in [-0.4, -0.2) is 17.7 Å². The first-order chi connectivity index (χ1) is 8.18. The van der Waals surface area contributed by atoms with E-state index in [1.165, 1.54) is 16.7 Å². The highest BCUT2D eigenvalue weighted by Gasteiger charge is 2.16. The third-order valence-corrected chi connectivity index (χ3v) is 3.36. The SMILES string of the molecule is Cc1c(CCCCC(=O)O)ccc2c1CCO2. The Balaban J connectivity index is 1.95. The number of unbranched alkanes of at least 4 members (excludes halogenated alkanes) is 1. The van der Waals surface area contributed by atoms with Gasteiger partial charge in [-0.25, -0.2) is 0 Å². The average molecular weight is 234 g/mol. The van der Waals surface area contributed by atoms with Gasteiger partial charge in [0.25, 0.3) is 0 Å². The van der Waals surface area contributed by atoms with Crippen LogP contribution in [0.15, 0.2) is 12.1 Å². The monoisotopic (exact) mass is 234 g/mol. The fraction of sp³-hybridized carbons (Fsp3) is 0.500. The van der Waals surface area contributed by atoms with Crippen molar-refractivity contribution in [2.75, 3.05) is 6.61 Å². The van der Waals surface area contributed by atoms with E-state index in [9.17, 15) is 4.79 Å². The van der Waals surface area contributed by atoms with E-state index in [2.05, 4.69) is 13.0 Å². The quantitative estimate of drug-likeness (QED) is 0.797. The van der Waals surface area contributed by atoms with Gasteiger partial charge in [0.05, 0.1) is 6.61 Å². The van der Waals surface area contributed by atoms with E-state index in [-0.39, 0.29) is 6.42 Å². The highest BCUT2D eigenvalue weighted by Crippen LogP contribution is 2.30. The van der Waals surface area contributed by atoms with Crippen LogP contribution in [-0.2, 0) is 17.6 Å². The molecule has 1 aromatic rings. The van der Waals surface area contributed by atoms with E-state index in [0.717, 1.165) is 38.0 Å². The number of ether oxygens (including phenoxy) is 1. The van der Waals surface area contributed by atoms with Crippen LogP contribution in [0.3, 0.4) is 0 Å². The standard InChI is InChI=1S/C14H18O3/c1-10-11(4-2-3-5-14(15)16)6-7-13-12(10)8-9-17-13/h6-7H,2-5,8-9H2,1H3,(H,15,16). The summed E-state index contributed by atoms with van der Waals surface area (Å²) in [5.41, 5.74) is 4.00. The number of hydrogen-bond acceptors (Lipinski definition) is 2. The number of aryl methyl sites for hydroxylation is 1. The Morgan fingerprint density at radius 2 is 2.24 bits per heavy atom. The molecule has 0 unspecified atom stereocenters. The van der Waals surface area contributed by atoms with Crippen molar-refractivity contribution in [1.29, 1.82) is 0 Å². The van der Waals surface area contributed by atoms with Crippen molar-refractivity contribution in [3.05, 3.63) is 28.8 Å². The Kier molecular flexibility index (Phi) is 3.67. The van der Waals surface area contributed by atoms with Gasteiger partial charge in [-0.3, -0.25) is 4.79 Å². The van der Waals surface area contributed by atoms with Gasteiger partial charge in [-0.2, -0.15) is 0 Å². The van der Waals surface area contributed by atoms with Crippen LogP contribution < -0.4 is 4.74 Å². The predicted molar refractivity (Wildman–Crippen MR) is 65.6 cm³/mol. The predicted octanol–water partition coefficient (Wildman–Crippen LogP) is 2.73. The summed E-state index contributed by atoms with van der Waals surface area (Å²) >= 11 is 0. The Labute approximate surface area is 101 Å². The lowest BCUT2D eigenvalue weighted by molar-refractivity contribution is -0.137. The summed E-state index contributed by atoms with van der Waals surface area (Å²) < 4.78 is 5.51. The molecular weight excluding hydrogens is 216 g/mol. The van der Waals surface area contributed by atoms with E-state index in [4.69, 9.17) is 9.84 Å². The van der Waals surface area contributed by atoms with Gasteiger partial charge in [0.1, 0.15) is 5.75 Å². The molecule has 1 aliphatic rings. The van der Waals surface area contributed by atoms with E-state index in [1.54, 1.807) is 0 Å². The third kappa shape index (κ3) is 2.78. The molecule has 0 saturated carbocycles. The van der Waals surface area contributed by atoms with Crippen LogP contribution in [0.2, 0.25) is 0 Å². The first-order valence-corrected chi connectivity index (χ1v) is 6.14. The lowest BCUT2D eigenvalue weighted by atomic mass is 9.96. The van der Waals surface area contributed by atoms with Crippen LogP contribution >= 0.6 is 0 Å². The number of carboxylic acid groups (broad SMARTS) is 1. The van der Waals surface area contributed by atoms with Crippen molar-refractivity contribution in [2.24, 2.45) is 0 Å². The van der Waals surface area contributed by atoms with Crippen LogP contribution in [0.4, 0.5) is 0 Å². The number of carbonyl (C=O) groups is 1. The second-order valence-corrected chi connectivity index (χ2v) is 4.53. The first kappa shape index (κ1) is 12.0. The molecule has 3 heteroatoms. The maximum atomic E-state index is 10.4. The Morgan fingerprint density at radius 1 is 1.41 bits per heavy atom. The fourth-order valence-electron chi connectivity index (χ4n) is 2.35. The molecule has 0 fully saturated rings. The number of carboxylic acids is 1. The molecule has 0 spiro atoms. The molecule has 0 saturated heterocycles. The zero-order valence-corrected chi connectivity index (χ0v) is 10.2. The lowest BCUT2D eigenvalue weighted by Crippen LogP contribution is -1.97. The van der Waals surface area contributed by atoms with Gasteiger partial charge in [0, 0.05) is 18.4 Å². The number of fused-ring (bicyclic) bond motifs is 1. The van der Waals surface area contributed by atoms with Crippen molar-refractivity contribution in [2.45, 2.75) is 39.0 Å². The lowest BCUT2D eigenvalue weighted by Gasteiger charge is -2.09. The van der Waals surface area contributed by atoms with Gasteiger partial charge < -0.3 is 9.84 Å². The zero-order valence-electron chi connectivity index (χ0n) is 10.2. The van der Waals surface area contributed by atoms with Crippen molar-refractivity contribution in [3.8, 4) is 5.75 Å². The molecule has 1 heterocycles. The Bertz CT molecular complexity index is 424. The summed E-state index contributed by atoms with van der Waals surface area (Å²) in [6.45, 7) is 2.93. The molecule has 0 radical (unpaired) electrons. The third-order valence-electron chi connectivity index (χ3n) is 3.36. The number of aliphatic carboxylic acids is 1. The van der Waals surface area contributed by atoms with Crippen LogP contribution in [0.1, 0.15) is 36.0 Å². The number of benzene rings is 1. The molecule has 0 aromatic heterocycles. The minimum atomic E-state index is -0.705. The summed E-state index contributed by atoms with van der Waals surface area (Å²) in [6, 6.07) is 4.15. The minimum Gasteiger partial charge on any atom is -0.493 e. The van der Waals surface area contributed by atoms with Gasteiger partial charge in [-0.15, -0.1) is 0 Å². The molecule has 0 atom stereocenters. The molecule has 0 bridgehead atoms. The zero-order chi connectivity index (χ0) is 12.3. The van der Waals surface area contributed by atoms with Gasteiger partial charge in [0.15, 0.2) is 0 Å². The Hall–Kier alpha value is -1.51. The molecular formula is C14H18O3. The summed E-state index contributed by atoms with van der Waals surface area (Å²) in [4.78, 5) is 10.4. The van der Waals surface area contributed by atoms with Crippen molar-refractivity contribution < 1.29 is 14.6 Å². The van der Waals surface area contributed by atoms with E-state index in [0.29, 0.717) is 0 Å². The van der Waals surface area contributed by atoms with Gasteiger partial charge in [0.2, 0.25) is 0 Å². The average Bonchev–Trinajstić information content (AvgIpc) is 2.75. The van der Waals surface area contributed by atoms with Crippen molar-refractivity contribution in [3.63, 3.8) is 0 Å². The molecule has 1 aromatic carbocycles. The largest absolute Gasteiger partial charge is 0.493 e. The molecule has 0 aliphatic carbocycles. The maximum absolute atomic E-state index is 10.4. The molecule has 92 valence electrons.